The fourth-order valence-corrected chi connectivity index (χ4v) is 2.98. The minimum atomic E-state index is 0.737. The number of fused-ring (bicyclic) bond motifs is 1. The first-order valence-electron chi connectivity index (χ1n) is 5.89. The molecule has 2 heterocycles. The van der Waals surface area contributed by atoms with Gasteiger partial charge in [-0.3, -0.25) is 0 Å². The molecule has 0 saturated carbocycles. The minimum Gasteiger partial charge on any atom is -0.369 e. The van der Waals surface area contributed by atoms with Gasteiger partial charge in [-0.2, -0.15) is 16.9 Å². The molecular formula is C13H14ClN3S. The van der Waals surface area contributed by atoms with E-state index in [9.17, 15) is 0 Å². The highest BCUT2D eigenvalue weighted by molar-refractivity contribution is 7.97. The fraction of sp³-hybridized carbons (Fsp3) is 0.308. The molecule has 1 N–H and O–H groups in total. The molecule has 18 heavy (non-hydrogen) atoms. The zero-order chi connectivity index (χ0) is 12.5. The van der Waals surface area contributed by atoms with Crippen molar-refractivity contribution in [3.8, 4) is 5.69 Å². The lowest BCUT2D eigenvalue weighted by atomic mass is 10.2. The standard InChI is InChI=1S/C13H14ClN3S/c1-18-8-12-11-5-6-15-13(11)17(16-12)10-4-2-3-9(14)7-10/h2-4,7,15H,5-6,8H2,1H3. The second-order valence-electron chi connectivity index (χ2n) is 4.28. The fourth-order valence-electron chi connectivity index (χ4n) is 2.29. The third-order valence-electron chi connectivity index (χ3n) is 3.07. The zero-order valence-electron chi connectivity index (χ0n) is 10.1. The van der Waals surface area contributed by atoms with Crippen LogP contribution in [0.25, 0.3) is 5.69 Å². The Morgan fingerprint density at radius 3 is 3.17 bits per heavy atom. The summed E-state index contributed by atoms with van der Waals surface area (Å²) in [5.74, 6) is 2.08. The summed E-state index contributed by atoms with van der Waals surface area (Å²) >= 11 is 7.85. The van der Waals surface area contributed by atoms with Crippen LogP contribution in [0.2, 0.25) is 5.02 Å². The summed E-state index contributed by atoms with van der Waals surface area (Å²) in [7, 11) is 0. The Morgan fingerprint density at radius 2 is 2.39 bits per heavy atom. The second-order valence-corrected chi connectivity index (χ2v) is 5.58. The average molecular weight is 280 g/mol. The van der Waals surface area contributed by atoms with E-state index in [-0.39, 0.29) is 0 Å². The van der Waals surface area contributed by atoms with Crippen LogP contribution in [-0.2, 0) is 12.2 Å². The maximum atomic E-state index is 6.05. The first kappa shape index (κ1) is 11.9. The van der Waals surface area contributed by atoms with Gasteiger partial charge in [0, 0.05) is 22.9 Å². The van der Waals surface area contributed by atoms with Gasteiger partial charge in [-0.25, -0.2) is 4.68 Å². The molecule has 5 heteroatoms. The van der Waals surface area contributed by atoms with Gasteiger partial charge in [0.2, 0.25) is 0 Å². The summed E-state index contributed by atoms with van der Waals surface area (Å²) in [5.41, 5.74) is 3.55. The summed E-state index contributed by atoms with van der Waals surface area (Å²) in [6, 6.07) is 7.81. The molecule has 0 aliphatic carbocycles. The molecule has 1 aromatic heterocycles. The molecule has 0 fully saturated rings. The molecule has 3 nitrogen and oxygen atoms in total. The lowest BCUT2D eigenvalue weighted by Gasteiger charge is -2.06. The van der Waals surface area contributed by atoms with Gasteiger partial charge in [-0.05, 0) is 30.9 Å². The van der Waals surface area contributed by atoms with Gasteiger partial charge < -0.3 is 5.32 Å². The van der Waals surface area contributed by atoms with Gasteiger partial charge in [0.05, 0.1) is 11.4 Å². The van der Waals surface area contributed by atoms with Crippen molar-refractivity contribution in [1.82, 2.24) is 9.78 Å². The number of anilines is 1. The average Bonchev–Trinajstić information content (AvgIpc) is 2.93. The van der Waals surface area contributed by atoms with E-state index in [2.05, 4.69) is 11.6 Å². The smallest absolute Gasteiger partial charge is 0.133 e. The predicted molar refractivity (Wildman–Crippen MR) is 78.0 cm³/mol. The highest BCUT2D eigenvalue weighted by Gasteiger charge is 2.22. The van der Waals surface area contributed by atoms with Crippen molar-refractivity contribution in [2.75, 3.05) is 18.1 Å². The lowest BCUT2D eigenvalue weighted by Crippen LogP contribution is -2.04. The summed E-state index contributed by atoms with van der Waals surface area (Å²) in [5, 5.41) is 8.86. The molecule has 0 radical (unpaired) electrons. The van der Waals surface area contributed by atoms with Crippen molar-refractivity contribution >= 4 is 29.2 Å². The second kappa shape index (κ2) is 4.86. The van der Waals surface area contributed by atoms with E-state index >= 15 is 0 Å². The summed E-state index contributed by atoms with van der Waals surface area (Å²) in [6.07, 6.45) is 3.17. The van der Waals surface area contributed by atoms with Crippen LogP contribution in [-0.4, -0.2) is 22.6 Å². The van der Waals surface area contributed by atoms with Crippen molar-refractivity contribution in [2.24, 2.45) is 0 Å². The minimum absolute atomic E-state index is 0.737. The number of rotatable bonds is 3. The number of hydrogen-bond acceptors (Lipinski definition) is 3. The van der Waals surface area contributed by atoms with E-state index in [1.54, 1.807) is 11.8 Å². The molecule has 0 amide bonds. The largest absolute Gasteiger partial charge is 0.369 e. The third kappa shape index (κ3) is 1.99. The molecule has 0 atom stereocenters. The molecule has 1 aromatic carbocycles. The van der Waals surface area contributed by atoms with Crippen LogP contribution in [0.5, 0.6) is 0 Å². The van der Waals surface area contributed by atoms with Gasteiger partial charge >= 0.3 is 0 Å². The first-order chi connectivity index (χ1) is 8.79. The van der Waals surface area contributed by atoms with Gasteiger partial charge in [-0.15, -0.1) is 0 Å². The summed E-state index contributed by atoms with van der Waals surface area (Å²) < 4.78 is 1.97. The molecule has 0 unspecified atom stereocenters. The lowest BCUT2D eigenvalue weighted by molar-refractivity contribution is 0.853. The number of nitrogens with one attached hydrogen (secondary N) is 1. The van der Waals surface area contributed by atoms with Crippen molar-refractivity contribution in [2.45, 2.75) is 12.2 Å². The maximum absolute atomic E-state index is 6.05. The monoisotopic (exact) mass is 279 g/mol. The summed E-state index contributed by atoms with van der Waals surface area (Å²) in [4.78, 5) is 0. The number of thioether (sulfide) groups is 1. The molecule has 1 aliphatic rings. The molecular weight excluding hydrogens is 266 g/mol. The molecule has 3 rings (SSSR count). The van der Waals surface area contributed by atoms with E-state index < -0.39 is 0 Å². The third-order valence-corrected chi connectivity index (χ3v) is 3.87. The molecule has 0 saturated heterocycles. The van der Waals surface area contributed by atoms with Crippen molar-refractivity contribution < 1.29 is 0 Å². The van der Waals surface area contributed by atoms with Crippen LogP contribution in [0.1, 0.15) is 11.3 Å². The quantitative estimate of drug-likeness (QED) is 0.934. The van der Waals surface area contributed by atoms with E-state index in [0.717, 1.165) is 35.2 Å². The Bertz CT molecular complexity index is 580. The van der Waals surface area contributed by atoms with Gasteiger partial charge in [-0.1, -0.05) is 17.7 Å². The number of benzene rings is 1. The Balaban J connectivity index is 2.10. The van der Waals surface area contributed by atoms with E-state index in [0.29, 0.717) is 0 Å². The zero-order valence-corrected chi connectivity index (χ0v) is 11.7. The van der Waals surface area contributed by atoms with Crippen LogP contribution in [0.3, 0.4) is 0 Å². The van der Waals surface area contributed by atoms with Gasteiger partial charge in [0.1, 0.15) is 5.82 Å². The van der Waals surface area contributed by atoms with Crippen LogP contribution < -0.4 is 5.32 Å². The van der Waals surface area contributed by atoms with Crippen molar-refractivity contribution in [1.29, 1.82) is 0 Å². The Hall–Kier alpha value is -1.13. The van der Waals surface area contributed by atoms with E-state index in [1.807, 2.05) is 28.9 Å². The Kier molecular flexibility index (Phi) is 3.22. The van der Waals surface area contributed by atoms with Gasteiger partial charge in [0.15, 0.2) is 0 Å². The normalized spacial score (nSPS) is 13.4. The molecule has 1 aliphatic heterocycles. The molecule has 94 valence electrons. The Morgan fingerprint density at radius 1 is 1.50 bits per heavy atom. The van der Waals surface area contributed by atoms with Crippen LogP contribution >= 0.6 is 23.4 Å². The van der Waals surface area contributed by atoms with E-state index in [4.69, 9.17) is 16.7 Å². The van der Waals surface area contributed by atoms with E-state index in [1.165, 1.54) is 11.3 Å². The van der Waals surface area contributed by atoms with Crippen molar-refractivity contribution in [3.63, 3.8) is 0 Å². The molecule has 0 spiro atoms. The van der Waals surface area contributed by atoms with Crippen LogP contribution in [0.15, 0.2) is 24.3 Å². The predicted octanol–water partition coefficient (Wildman–Crippen LogP) is 3.36. The SMILES string of the molecule is CSCc1nn(-c2cccc(Cl)c2)c2c1CCN2. The highest BCUT2D eigenvalue weighted by atomic mass is 35.5. The van der Waals surface area contributed by atoms with Crippen molar-refractivity contribution in [3.05, 3.63) is 40.5 Å². The highest BCUT2D eigenvalue weighted by Crippen LogP contribution is 2.30. The first-order valence-corrected chi connectivity index (χ1v) is 7.66. The number of aromatic nitrogens is 2. The van der Waals surface area contributed by atoms with Crippen LogP contribution in [0.4, 0.5) is 5.82 Å². The Labute approximate surface area is 116 Å². The number of halogens is 1. The topological polar surface area (TPSA) is 29.9 Å². The molecule has 2 aromatic rings. The van der Waals surface area contributed by atoms with Crippen LogP contribution in [0, 0.1) is 0 Å². The van der Waals surface area contributed by atoms with Gasteiger partial charge in [0.25, 0.3) is 0 Å². The number of nitrogens with zero attached hydrogens (tertiary/aromatic N) is 2. The summed E-state index contributed by atoms with van der Waals surface area (Å²) in [6.45, 7) is 0.995. The number of hydrogen-bond donors (Lipinski definition) is 1. The maximum Gasteiger partial charge on any atom is 0.133 e. The molecule has 0 bridgehead atoms.